The summed E-state index contributed by atoms with van der Waals surface area (Å²) in [5.41, 5.74) is 1.49. The van der Waals surface area contributed by atoms with Crippen LogP contribution in [0.15, 0.2) is 47.4 Å². The maximum atomic E-state index is 14.0. The SMILES string of the molecule is CCN(Cc1ccc(F)cc1)Sc1ccc2c(c1)CN(C(=O)C(C)(C)F)CC2. The van der Waals surface area contributed by atoms with E-state index in [1.807, 2.05) is 0 Å². The number of hydrogen-bond donors (Lipinski definition) is 0. The Morgan fingerprint density at radius 3 is 2.54 bits per heavy atom. The van der Waals surface area contributed by atoms with Gasteiger partial charge in [-0.15, -0.1) is 0 Å². The molecule has 0 spiro atoms. The van der Waals surface area contributed by atoms with Crippen molar-refractivity contribution in [2.45, 2.75) is 50.8 Å². The fourth-order valence-electron chi connectivity index (χ4n) is 3.29. The van der Waals surface area contributed by atoms with Gasteiger partial charge in [0.1, 0.15) is 5.82 Å². The molecule has 0 bridgehead atoms. The summed E-state index contributed by atoms with van der Waals surface area (Å²) in [7, 11) is 0. The van der Waals surface area contributed by atoms with Crippen molar-refractivity contribution >= 4 is 17.9 Å². The molecule has 0 aromatic heterocycles. The lowest BCUT2D eigenvalue weighted by Gasteiger charge is -2.32. The number of nitrogens with zero attached hydrogens (tertiary/aromatic N) is 2. The van der Waals surface area contributed by atoms with Gasteiger partial charge >= 0.3 is 0 Å². The first-order chi connectivity index (χ1) is 13.3. The molecule has 1 amide bonds. The van der Waals surface area contributed by atoms with E-state index in [-0.39, 0.29) is 5.82 Å². The van der Waals surface area contributed by atoms with E-state index in [4.69, 9.17) is 0 Å². The van der Waals surface area contributed by atoms with Crippen LogP contribution in [0.25, 0.3) is 0 Å². The van der Waals surface area contributed by atoms with Crippen LogP contribution in [0.3, 0.4) is 0 Å². The van der Waals surface area contributed by atoms with Crippen molar-refractivity contribution in [3.8, 4) is 0 Å². The molecule has 2 aromatic rings. The Morgan fingerprint density at radius 2 is 1.89 bits per heavy atom. The second-order valence-electron chi connectivity index (χ2n) is 7.55. The quantitative estimate of drug-likeness (QED) is 0.634. The van der Waals surface area contributed by atoms with Crippen LogP contribution < -0.4 is 0 Å². The van der Waals surface area contributed by atoms with Gasteiger partial charge in [0.05, 0.1) is 0 Å². The molecule has 1 heterocycles. The first-order valence-corrected chi connectivity index (χ1v) is 10.3. The summed E-state index contributed by atoms with van der Waals surface area (Å²) < 4.78 is 29.4. The fourth-order valence-corrected chi connectivity index (χ4v) is 4.26. The van der Waals surface area contributed by atoms with Crippen LogP contribution in [0.1, 0.15) is 37.5 Å². The van der Waals surface area contributed by atoms with E-state index >= 15 is 0 Å². The summed E-state index contributed by atoms with van der Waals surface area (Å²) in [5.74, 6) is -0.688. The fraction of sp³-hybridized carbons (Fsp3) is 0.409. The van der Waals surface area contributed by atoms with Crippen LogP contribution in [-0.4, -0.2) is 33.9 Å². The van der Waals surface area contributed by atoms with Gasteiger partial charge in [-0.3, -0.25) is 4.79 Å². The van der Waals surface area contributed by atoms with Crippen molar-refractivity contribution < 1.29 is 13.6 Å². The number of alkyl halides is 1. The molecule has 0 unspecified atom stereocenters. The Balaban J connectivity index is 1.70. The summed E-state index contributed by atoms with van der Waals surface area (Å²) in [4.78, 5) is 15.0. The smallest absolute Gasteiger partial charge is 0.259 e. The highest BCUT2D eigenvalue weighted by Crippen LogP contribution is 2.30. The molecule has 3 nitrogen and oxygen atoms in total. The molecule has 0 aliphatic carbocycles. The van der Waals surface area contributed by atoms with Crippen LogP contribution >= 0.6 is 11.9 Å². The van der Waals surface area contributed by atoms with Crippen molar-refractivity contribution in [3.05, 3.63) is 65.0 Å². The van der Waals surface area contributed by atoms with Crippen LogP contribution in [0.2, 0.25) is 0 Å². The molecule has 150 valence electrons. The number of halogens is 2. The zero-order valence-corrected chi connectivity index (χ0v) is 17.4. The Bertz CT molecular complexity index is 833. The van der Waals surface area contributed by atoms with Gasteiger partial charge in [-0.05, 0) is 73.2 Å². The zero-order chi connectivity index (χ0) is 20.3. The van der Waals surface area contributed by atoms with Crippen molar-refractivity contribution in [2.24, 2.45) is 0 Å². The van der Waals surface area contributed by atoms with Crippen molar-refractivity contribution in [3.63, 3.8) is 0 Å². The van der Waals surface area contributed by atoms with E-state index in [1.165, 1.54) is 31.5 Å². The third kappa shape index (κ3) is 5.11. The Kier molecular flexibility index (Phi) is 6.40. The number of hydrogen-bond acceptors (Lipinski definition) is 3. The average Bonchev–Trinajstić information content (AvgIpc) is 2.67. The molecule has 0 N–H and O–H groups in total. The minimum Gasteiger partial charge on any atom is -0.335 e. The van der Waals surface area contributed by atoms with Crippen LogP contribution in [0.5, 0.6) is 0 Å². The van der Waals surface area contributed by atoms with Crippen molar-refractivity contribution in [2.75, 3.05) is 13.1 Å². The molecule has 0 fully saturated rings. The summed E-state index contributed by atoms with van der Waals surface area (Å²) in [6.45, 7) is 7.24. The normalized spacial score (nSPS) is 14.3. The largest absolute Gasteiger partial charge is 0.335 e. The molecular formula is C22H26F2N2OS. The highest BCUT2D eigenvalue weighted by Gasteiger charge is 2.33. The number of rotatable bonds is 6. The predicted molar refractivity (Wildman–Crippen MR) is 109 cm³/mol. The molecule has 0 atom stereocenters. The van der Waals surface area contributed by atoms with Gasteiger partial charge in [-0.2, -0.15) is 0 Å². The van der Waals surface area contributed by atoms with Gasteiger partial charge in [0.2, 0.25) is 0 Å². The van der Waals surface area contributed by atoms with Gasteiger partial charge in [-0.1, -0.05) is 25.1 Å². The first-order valence-electron chi connectivity index (χ1n) is 9.53. The summed E-state index contributed by atoms with van der Waals surface area (Å²) in [6.07, 6.45) is 0.745. The number of carbonyl (C=O) groups is 1. The average molecular weight is 405 g/mol. The lowest BCUT2D eigenvalue weighted by atomic mass is 9.98. The molecule has 28 heavy (non-hydrogen) atoms. The number of benzene rings is 2. The molecule has 0 saturated heterocycles. The van der Waals surface area contributed by atoms with Crippen LogP contribution in [0, 0.1) is 5.82 Å². The number of fused-ring (bicyclic) bond motifs is 1. The molecule has 3 rings (SSSR count). The standard InChI is InChI=1S/C22H26F2N2OS/c1-4-26(14-16-5-8-19(23)9-6-16)28-20-10-7-17-11-12-25(15-18(17)13-20)21(27)22(2,3)24/h5-10,13H,4,11-12,14-15H2,1-3H3. The zero-order valence-electron chi connectivity index (χ0n) is 16.5. The second-order valence-corrected chi connectivity index (χ2v) is 8.72. The van der Waals surface area contributed by atoms with Gasteiger partial charge < -0.3 is 4.90 Å². The predicted octanol–water partition coefficient (Wildman–Crippen LogP) is 4.99. The number of carbonyl (C=O) groups excluding carboxylic acids is 1. The van der Waals surface area contributed by atoms with Crippen LogP contribution in [0.4, 0.5) is 8.78 Å². The maximum Gasteiger partial charge on any atom is 0.259 e. The van der Waals surface area contributed by atoms with E-state index in [0.29, 0.717) is 19.6 Å². The van der Waals surface area contributed by atoms with Crippen molar-refractivity contribution in [1.82, 2.24) is 9.21 Å². The third-order valence-corrected chi connectivity index (χ3v) is 5.96. The Labute approximate surface area is 169 Å². The summed E-state index contributed by atoms with van der Waals surface area (Å²) in [6, 6.07) is 12.8. The monoisotopic (exact) mass is 404 g/mol. The summed E-state index contributed by atoms with van der Waals surface area (Å²) in [5, 5.41) is 0. The lowest BCUT2D eigenvalue weighted by molar-refractivity contribution is -0.142. The molecule has 0 saturated carbocycles. The molecule has 2 aromatic carbocycles. The van der Waals surface area contributed by atoms with Crippen LogP contribution in [-0.2, 0) is 24.3 Å². The van der Waals surface area contributed by atoms with E-state index in [2.05, 4.69) is 29.4 Å². The second kappa shape index (κ2) is 8.62. The maximum absolute atomic E-state index is 14.0. The molecule has 0 radical (unpaired) electrons. The van der Waals surface area contributed by atoms with Gasteiger partial charge in [0.25, 0.3) is 5.91 Å². The highest BCUT2D eigenvalue weighted by atomic mass is 32.2. The van der Waals surface area contributed by atoms with Gasteiger partial charge in [0, 0.05) is 31.1 Å². The molecular weight excluding hydrogens is 378 g/mol. The first kappa shape index (κ1) is 20.8. The van der Waals surface area contributed by atoms with E-state index in [9.17, 15) is 13.6 Å². The minimum atomic E-state index is -1.85. The lowest BCUT2D eigenvalue weighted by Crippen LogP contribution is -2.44. The highest BCUT2D eigenvalue weighted by molar-refractivity contribution is 7.97. The molecule has 6 heteroatoms. The topological polar surface area (TPSA) is 23.6 Å². The third-order valence-electron chi connectivity index (χ3n) is 4.85. The van der Waals surface area contributed by atoms with E-state index < -0.39 is 11.6 Å². The molecule has 1 aliphatic rings. The summed E-state index contributed by atoms with van der Waals surface area (Å²) >= 11 is 1.64. The Morgan fingerprint density at radius 1 is 1.18 bits per heavy atom. The Hall–Kier alpha value is -1.92. The number of amides is 1. The minimum absolute atomic E-state index is 0.232. The van der Waals surface area contributed by atoms with Gasteiger partial charge in [0.15, 0.2) is 5.67 Å². The van der Waals surface area contributed by atoms with Crippen molar-refractivity contribution in [1.29, 1.82) is 0 Å². The van der Waals surface area contributed by atoms with Gasteiger partial charge in [-0.25, -0.2) is 13.1 Å². The van der Waals surface area contributed by atoms with E-state index in [1.54, 1.807) is 29.0 Å². The molecule has 1 aliphatic heterocycles. The van der Waals surface area contributed by atoms with E-state index in [0.717, 1.165) is 29.0 Å².